The zero-order chi connectivity index (χ0) is 11.5. The van der Waals surface area contributed by atoms with E-state index in [1.165, 1.54) is 0 Å². The second-order valence-corrected chi connectivity index (χ2v) is 4.95. The molecule has 84 valence electrons. The molecule has 1 heterocycles. The van der Waals surface area contributed by atoms with Crippen LogP contribution in [0.25, 0.3) is 0 Å². The van der Waals surface area contributed by atoms with Crippen LogP contribution in [0, 0.1) is 0 Å². The van der Waals surface area contributed by atoms with Gasteiger partial charge in [-0.1, -0.05) is 17.7 Å². The Balaban J connectivity index is 2.02. The molecule has 0 amide bonds. The normalized spacial score (nSPS) is 10.6. The Morgan fingerprint density at radius 2 is 2.31 bits per heavy atom. The molecule has 1 aromatic heterocycles. The van der Waals surface area contributed by atoms with Crippen LogP contribution in [0.4, 0.5) is 5.69 Å². The largest absolute Gasteiger partial charge is 0.398 e. The summed E-state index contributed by atoms with van der Waals surface area (Å²) in [7, 11) is 1.91. The Hall–Kier alpha value is -1.13. The van der Waals surface area contributed by atoms with Crippen molar-refractivity contribution in [2.24, 2.45) is 7.05 Å². The molecule has 0 saturated heterocycles. The van der Waals surface area contributed by atoms with E-state index < -0.39 is 0 Å². The maximum Gasteiger partial charge on any atom is 0.0635 e. The lowest BCUT2D eigenvalue weighted by molar-refractivity contribution is 0.766. The van der Waals surface area contributed by atoms with Gasteiger partial charge >= 0.3 is 0 Å². The van der Waals surface area contributed by atoms with Crippen LogP contribution < -0.4 is 5.73 Å². The zero-order valence-corrected chi connectivity index (χ0v) is 10.4. The highest BCUT2D eigenvalue weighted by Gasteiger charge is 2.01. The van der Waals surface area contributed by atoms with Crippen molar-refractivity contribution in [1.29, 1.82) is 0 Å². The van der Waals surface area contributed by atoms with Gasteiger partial charge in [-0.15, -0.1) is 11.8 Å². The van der Waals surface area contributed by atoms with Gasteiger partial charge in [0.25, 0.3) is 0 Å². The molecule has 3 nitrogen and oxygen atoms in total. The number of thioether (sulfide) groups is 1. The van der Waals surface area contributed by atoms with E-state index in [-0.39, 0.29) is 0 Å². The van der Waals surface area contributed by atoms with Gasteiger partial charge in [0.15, 0.2) is 0 Å². The lowest BCUT2D eigenvalue weighted by Gasteiger charge is -2.02. The Morgan fingerprint density at radius 3 is 2.94 bits per heavy atom. The standard InChI is InChI=1S/C11H12ClN3S/c1-15-6-9(5-14-15)16-7-8-2-3-10(12)11(13)4-8/h2-6H,7,13H2,1H3. The minimum absolute atomic E-state index is 0.607. The predicted molar refractivity (Wildman–Crippen MR) is 68.6 cm³/mol. The SMILES string of the molecule is Cn1cc(SCc2ccc(Cl)c(N)c2)cn1. The molecular weight excluding hydrogens is 242 g/mol. The molecule has 0 atom stereocenters. The summed E-state index contributed by atoms with van der Waals surface area (Å²) in [6.07, 6.45) is 3.84. The molecule has 2 N–H and O–H groups in total. The van der Waals surface area contributed by atoms with E-state index in [2.05, 4.69) is 5.10 Å². The highest BCUT2D eigenvalue weighted by molar-refractivity contribution is 7.98. The van der Waals surface area contributed by atoms with Crippen molar-refractivity contribution < 1.29 is 0 Å². The molecule has 0 bridgehead atoms. The van der Waals surface area contributed by atoms with Crippen LogP contribution in [0.2, 0.25) is 5.02 Å². The molecule has 0 fully saturated rings. The molecule has 0 aliphatic heterocycles. The van der Waals surface area contributed by atoms with Crippen molar-refractivity contribution in [2.75, 3.05) is 5.73 Å². The van der Waals surface area contributed by atoms with Gasteiger partial charge in [-0.2, -0.15) is 5.10 Å². The highest BCUT2D eigenvalue weighted by Crippen LogP contribution is 2.25. The first-order valence-electron chi connectivity index (χ1n) is 4.80. The fraction of sp³-hybridized carbons (Fsp3) is 0.182. The second-order valence-electron chi connectivity index (χ2n) is 3.49. The maximum absolute atomic E-state index is 5.86. The number of anilines is 1. The van der Waals surface area contributed by atoms with Gasteiger partial charge in [-0.05, 0) is 17.7 Å². The third-order valence-electron chi connectivity index (χ3n) is 2.15. The van der Waals surface area contributed by atoms with E-state index >= 15 is 0 Å². The smallest absolute Gasteiger partial charge is 0.0635 e. The quantitative estimate of drug-likeness (QED) is 0.676. The number of aryl methyl sites for hydroxylation is 1. The van der Waals surface area contributed by atoms with Crippen molar-refractivity contribution in [2.45, 2.75) is 10.6 Å². The van der Waals surface area contributed by atoms with Crippen LogP contribution >= 0.6 is 23.4 Å². The molecule has 0 unspecified atom stereocenters. The Kier molecular flexibility index (Phi) is 3.41. The van der Waals surface area contributed by atoms with E-state index in [0.717, 1.165) is 16.2 Å². The molecular formula is C11H12ClN3S. The first-order valence-corrected chi connectivity index (χ1v) is 6.17. The molecule has 1 aromatic carbocycles. The third kappa shape index (κ3) is 2.71. The summed E-state index contributed by atoms with van der Waals surface area (Å²) in [4.78, 5) is 1.15. The summed E-state index contributed by atoms with van der Waals surface area (Å²) in [5.74, 6) is 0.868. The van der Waals surface area contributed by atoms with Crippen LogP contribution in [0.5, 0.6) is 0 Å². The number of nitrogens with zero attached hydrogens (tertiary/aromatic N) is 2. The summed E-state index contributed by atoms with van der Waals surface area (Å²) >= 11 is 7.58. The van der Waals surface area contributed by atoms with Crippen molar-refractivity contribution in [3.05, 3.63) is 41.2 Å². The number of rotatable bonds is 3. The fourth-order valence-corrected chi connectivity index (χ4v) is 2.30. The maximum atomic E-state index is 5.86. The summed E-state index contributed by atoms with van der Waals surface area (Å²) in [5, 5.41) is 4.72. The van der Waals surface area contributed by atoms with Gasteiger partial charge in [0.05, 0.1) is 16.9 Å². The van der Waals surface area contributed by atoms with Crippen LogP contribution in [0.1, 0.15) is 5.56 Å². The monoisotopic (exact) mass is 253 g/mol. The van der Waals surface area contributed by atoms with E-state index in [4.69, 9.17) is 17.3 Å². The molecule has 2 rings (SSSR count). The number of hydrogen-bond acceptors (Lipinski definition) is 3. The lowest BCUT2D eigenvalue weighted by Crippen LogP contribution is -1.88. The Morgan fingerprint density at radius 1 is 1.50 bits per heavy atom. The number of halogens is 1. The number of hydrogen-bond donors (Lipinski definition) is 1. The van der Waals surface area contributed by atoms with Crippen molar-refractivity contribution in [3.63, 3.8) is 0 Å². The molecule has 16 heavy (non-hydrogen) atoms. The molecule has 0 saturated carbocycles. The van der Waals surface area contributed by atoms with Crippen LogP contribution in [-0.2, 0) is 12.8 Å². The van der Waals surface area contributed by atoms with Gasteiger partial charge < -0.3 is 5.73 Å². The van der Waals surface area contributed by atoms with Gasteiger partial charge in [0.2, 0.25) is 0 Å². The zero-order valence-electron chi connectivity index (χ0n) is 8.85. The number of benzene rings is 1. The van der Waals surface area contributed by atoms with Gasteiger partial charge in [-0.3, -0.25) is 4.68 Å². The minimum atomic E-state index is 0.607. The molecule has 0 aliphatic carbocycles. The van der Waals surface area contributed by atoms with Gasteiger partial charge in [0.1, 0.15) is 0 Å². The molecule has 0 aliphatic rings. The highest BCUT2D eigenvalue weighted by atomic mass is 35.5. The minimum Gasteiger partial charge on any atom is -0.398 e. The van der Waals surface area contributed by atoms with Crippen LogP contribution in [0.3, 0.4) is 0 Å². The predicted octanol–water partition coefficient (Wildman–Crippen LogP) is 2.95. The van der Waals surface area contributed by atoms with Crippen LogP contribution in [0.15, 0.2) is 35.5 Å². The second kappa shape index (κ2) is 4.80. The number of nitrogen functional groups attached to an aromatic ring is 1. The average Bonchev–Trinajstić information content (AvgIpc) is 2.66. The molecule has 5 heteroatoms. The molecule has 0 radical (unpaired) electrons. The third-order valence-corrected chi connectivity index (χ3v) is 3.51. The summed E-state index contributed by atoms with van der Waals surface area (Å²) < 4.78 is 1.79. The Labute approximate surface area is 104 Å². The van der Waals surface area contributed by atoms with E-state index in [0.29, 0.717) is 10.7 Å². The van der Waals surface area contributed by atoms with Crippen LogP contribution in [-0.4, -0.2) is 9.78 Å². The fourth-order valence-electron chi connectivity index (χ4n) is 1.32. The lowest BCUT2D eigenvalue weighted by atomic mass is 10.2. The van der Waals surface area contributed by atoms with Crippen molar-refractivity contribution >= 4 is 29.1 Å². The topological polar surface area (TPSA) is 43.8 Å². The summed E-state index contributed by atoms with van der Waals surface area (Å²) in [5.41, 5.74) is 7.53. The number of aromatic nitrogens is 2. The Bertz CT molecular complexity index is 496. The summed E-state index contributed by atoms with van der Waals surface area (Å²) in [6, 6.07) is 5.73. The first kappa shape index (κ1) is 11.4. The first-order chi connectivity index (χ1) is 7.65. The average molecular weight is 254 g/mol. The van der Waals surface area contributed by atoms with E-state index in [1.807, 2.05) is 37.6 Å². The van der Waals surface area contributed by atoms with Gasteiger partial charge in [0, 0.05) is 23.9 Å². The molecule has 0 spiro atoms. The van der Waals surface area contributed by atoms with Crippen molar-refractivity contribution in [3.8, 4) is 0 Å². The van der Waals surface area contributed by atoms with E-state index in [1.54, 1.807) is 16.4 Å². The van der Waals surface area contributed by atoms with Crippen molar-refractivity contribution in [1.82, 2.24) is 9.78 Å². The van der Waals surface area contributed by atoms with Gasteiger partial charge in [-0.25, -0.2) is 0 Å². The number of nitrogens with two attached hydrogens (primary N) is 1. The molecule has 2 aromatic rings. The summed E-state index contributed by atoms with van der Waals surface area (Å²) in [6.45, 7) is 0. The van der Waals surface area contributed by atoms with E-state index in [9.17, 15) is 0 Å².